The third-order valence-corrected chi connectivity index (χ3v) is 3.82. The van der Waals surface area contributed by atoms with E-state index in [1.54, 1.807) is 5.48 Å². The fourth-order valence-corrected chi connectivity index (χ4v) is 3.05. The maximum Gasteiger partial charge on any atom is 0.260 e. The summed E-state index contributed by atoms with van der Waals surface area (Å²) in [5.74, 6) is 0.415. The molecule has 3 unspecified atom stereocenters. The van der Waals surface area contributed by atoms with Gasteiger partial charge in [-0.25, -0.2) is 5.48 Å². The van der Waals surface area contributed by atoms with E-state index in [1.165, 1.54) is 25.7 Å². The first-order valence-electron chi connectivity index (χ1n) is 5.40. The number of carbonyl (C=O) groups excluding carboxylic acids is 1. The van der Waals surface area contributed by atoms with Crippen LogP contribution >= 0.6 is 0 Å². The lowest BCUT2D eigenvalue weighted by Gasteiger charge is -2.30. The predicted molar refractivity (Wildman–Crippen MR) is 51.8 cm³/mol. The Morgan fingerprint density at radius 2 is 2.14 bits per heavy atom. The summed E-state index contributed by atoms with van der Waals surface area (Å²) in [6.07, 6.45) is 5.93. The zero-order valence-electron chi connectivity index (χ0n) is 8.57. The fourth-order valence-electron chi connectivity index (χ4n) is 3.05. The third-order valence-electron chi connectivity index (χ3n) is 3.82. The summed E-state index contributed by atoms with van der Waals surface area (Å²) in [6, 6.07) is 0.444. The summed E-state index contributed by atoms with van der Waals surface area (Å²) in [5.41, 5.74) is 1.77. The van der Waals surface area contributed by atoms with Crippen molar-refractivity contribution in [1.82, 2.24) is 10.4 Å². The molecule has 14 heavy (non-hydrogen) atoms. The Kier molecular flexibility index (Phi) is 2.74. The molecule has 1 heterocycles. The molecule has 4 nitrogen and oxygen atoms in total. The number of hydroxylamine groups is 1. The van der Waals surface area contributed by atoms with Crippen LogP contribution < -0.4 is 5.48 Å². The molecule has 0 bridgehead atoms. The molecule has 0 aromatic heterocycles. The molecule has 2 N–H and O–H groups in total. The molecule has 0 spiro atoms. The van der Waals surface area contributed by atoms with Crippen molar-refractivity contribution < 1.29 is 10.0 Å². The molecule has 3 atom stereocenters. The Bertz CT molecular complexity index is 232. The van der Waals surface area contributed by atoms with Crippen LogP contribution in [0.5, 0.6) is 0 Å². The summed E-state index contributed by atoms with van der Waals surface area (Å²) in [7, 11) is 2.00. The van der Waals surface area contributed by atoms with Crippen LogP contribution in [0, 0.1) is 5.92 Å². The van der Waals surface area contributed by atoms with Crippen molar-refractivity contribution in [3.63, 3.8) is 0 Å². The Morgan fingerprint density at radius 3 is 2.79 bits per heavy atom. The van der Waals surface area contributed by atoms with Gasteiger partial charge < -0.3 is 0 Å². The first kappa shape index (κ1) is 9.93. The highest BCUT2D eigenvalue weighted by atomic mass is 16.5. The van der Waals surface area contributed by atoms with Gasteiger partial charge in [-0.2, -0.15) is 0 Å². The molecule has 0 aromatic rings. The van der Waals surface area contributed by atoms with Gasteiger partial charge in [0.15, 0.2) is 0 Å². The number of fused-ring (bicyclic) bond motifs is 1. The Labute approximate surface area is 84.2 Å². The lowest BCUT2D eigenvalue weighted by Crippen LogP contribution is -2.43. The van der Waals surface area contributed by atoms with Crippen molar-refractivity contribution >= 4 is 5.91 Å². The van der Waals surface area contributed by atoms with E-state index in [-0.39, 0.29) is 11.9 Å². The van der Waals surface area contributed by atoms with Gasteiger partial charge in [0, 0.05) is 6.04 Å². The zero-order valence-corrected chi connectivity index (χ0v) is 8.57. The molecule has 2 aliphatic rings. The van der Waals surface area contributed by atoms with Crippen LogP contribution in [0.2, 0.25) is 0 Å². The first-order valence-corrected chi connectivity index (χ1v) is 5.40. The van der Waals surface area contributed by atoms with Gasteiger partial charge in [-0.3, -0.25) is 14.9 Å². The number of amides is 1. The van der Waals surface area contributed by atoms with E-state index in [1.807, 2.05) is 7.05 Å². The van der Waals surface area contributed by atoms with Gasteiger partial charge in [0.2, 0.25) is 0 Å². The standard InChI is InChI=1S/C10H18N2O2/c1-12-8-5-3-2-4-7(8)6-9(12)10(13)11-14/h7-9,14H,2-6H2,1H3,(H,11,13). The van der Waals surface area contributed by atoms with Crippen LogP contribution in [0.3, 0.4) is 0 Å². The van der Waals surface area contributed by atoms with E-state index < -0.39 is 0 Å². The second kappa shape index (κ2) is 3.87. The van der Waals surface area contributed by atoms with Crippen LogP contribution in [0.1, 0.15) is 32.1 Å². The summed E-state index contributed by atoms with van der Waals surface area (Å²) >= 11 is 0. The topological polar surface area (TPSA) is 52.6 Å². The molecule has 1 saturated heterocycles. The third kappa shape index (κ3) is 1.53. The van der Waals surface area contributed by atoms with Crippen LogP contribution in [-0.2, 0) is 4.79 Å². The molecule has 1 aliphatic carbocycles. The minimum atomic E-state index is -0.248. The van der Waals surface area contributed by atoms with Crippen molar-refractivity contribution in [2.24, 2.45) is 5.92 Å². The summed E-state index contributed by atoms with van der Waals surface area (Å²) in [5, 5.41) is 8.62. The number of hydrogen-bond acceptors (Lipinski definition) is 3. The maximum atomic E-state index is 11.4. The predicted octanol–water partition coefficient (Wildman–Crippen LogP) is 0.755. The Morgan fingerprint density at radius 1 is 1.43 bits per heavy atom. The average Bonchev–Trinajstić information content (AvgIpc) is 2.56. The molecule has 1 saturated carbocycles. The molecular formula is C10H18N2O2. The maximum absolute atomic E-state index is 11.4. The minimum absolute atomic E-state index is 0.118. The number of nitrogens with zero attached hydrogens (tertiary/aromatic N) is 1. The lowest BCUT2D eigenvalue weighted by molar-refractivity contribution is -0.133. The van der Waals surface area contributed by atoms with Crippen molar-refractivity contribution in [3.05, 3.63) is 0 Å². The van der Waals surface area contributed by atoms with E-state index in [4.69, 9.17) is 5.21 Å². The number of rotatable bonds is 1. The highest BCUT2D eigenvalue weighted by Crippen LogP contribution is 2.38. The molecule has 80 valence electrons. The van der Waals surface area contributed by atoms with Crippen LogP contribution in [0.4, 0.5) is 0 Å². The van der Waals surface area contributed by atoms with Gasteiger partial charge in [0.1, 0.15) is 0 Å². The SMILES string of the molecule is CN1C(C(=O)NO)CC2CCCCC21. The lowest BCUT2D eigenvalue weighted by atomic mass is 9.85. The normalized spacial score (nSPS) is 38.0. The molecular weight excluding hydrogens is 180 g/mol. The van der Waals surface area contributed by atoms with Gasteiger partial charge in [-0.15, -0.1) is 0 Å². The molecule has 2 fully saturated rings. The monoisotopic (exact) mass is 198 g/mol. The quantitative estimate of drug-likeness (QED) is 0.483. The van der Waals surface area contributed by atoms with Gasteiger partial charge in [-0.1, -0.05) is 12.8 Å². The summed E-state index contributed by atoms with van der Waals surface area (Å²) in [4.78, 5) is 13.5. The largest absolute Gasteiger partial charge is 0.292 e. The molecule has 4 heteroatoms. The molecule has 0 radical (unpaired) electrons. The van der Waals surface area contributed by atoms with E-state index in [0.29, 0.717) is 12.0 Å². The van der Waals surface area contributed by atoms with E-state index in [0.717, 1.165) is 6.42 Å². The molecule has 1 aliphatic heterocycles. The van der Waals surface area contributed by atoms with E-state index in [2.05, 4.69) is 4.90 Å². The average molecular weight is 198 g/mol. The summed E-state index contributed by atoms with van der Waals surface area (Å²) in [6.45, 7) is 0. The Balaban J connectivity index is 2.06. The summed E-state index contributed by atoms with van der Waals surface area (Å²) < 4.78 is 0. The number of likely N-dealkylation sites (tertiary alicyclic amines) is 1. The fraction of sp³-hybridized carbons (Fsp3) is 0.900. The number of nitrogens with one attached hydrogen (secondary N) is 1. The highest BCUT2D eigenvalue weighted by Gasteiger charge is 2.42. The van der Waals surface area contributed by atoms with Gasteiger partial charge in [-0.05, 0) is 32.2 Å². The van der Waals surface area contributed by atoms with Crippen molar-refractivity contribution in [1.29, 1.82) is 0 Å². The van der Waals surface area contributed by atoms with Gasteiger partial charge in [0.05, 0.1) is 6.04 Å². The zero-order chi connectivity index (χ0) is 10.1. The first-order chi connectivity index (χ1) is 6.74. The number of likely N-dealkylation sites (N-methyl/N-ethyl adjacent to an activating group) is 1. The highest BCUT2D eigenvalue weighted by molar-refractivity contribution is 5.81. The second-order valence-electron chi connectivity index (χ2n) is 4.50. The van der Waals surface area contributed by atoms with Crippen molar-refractivity contribution in [2.45, 2.75) is 44.2 Å². The minimum Gasteiger partial charge on any atom is -0.292 e. The number of carbonyl (C=O) groups is 1. The molecule has 1 amide bonds. The van der Waals surface area contributed by atoms with Crippen LogP contribution in [-0.4, -0.2) is 35.1 Å². The van der Waals surface area contributed by atoms with Gasteiger partial charge in [0.25, 0.3) is 5.91 Å². The second-order valence-corrected chi connectivity index (χ2v) is 4.50. The van der Waals surface area contributed by atoms with Crippen molar-refractivity contribution in [2.75, 3.05) is 7.05 Å². The van der Waals surface area contributed by atoms with E-state index in [9.17, 15) is 4.79 Å². The Hall–Kier alpha value is -0.610. The molecule has 2 rings (SSSR count). The molecule has 0 aromatic carbocycles. The van der Waals surface area contributed by atoms with Gasteiger partial charge >= 0.3 is 0 Å². The van der Waals surface area contributed by atoms with Crippen LogP contribution in [0.25, 0.3) is 0 Å². The van der Waals surface area contributed by atoms with Crippen LogP contribution in [0.15, 0.2) is 0 Å². The van der Waals surface area contributed by atoms with E-state index >= 15 is 0 Å². The smallest absolute Gasteiger partial charge is 0.260 e. The van der Waals surface area contributed by atoms with Crippen molar-refractivity contribution in [3.8, 4) is 0 Å². The number of hydrogen-bond donors (Lipinski definition) is 2.